The highest BCUT2D eigenvalue weighted by Crippen LogP contribution is 2.18. The van der Waals surface area contributed by atoms with Gasteiger partial charge in [0, 0.05) is 19.1 Å². The molecule has 2 unspecified atom stereocenters. The van der Waals surface area contributed by atoms with E-state index in [-0.39, 0.29) is 24.5 Å². The average molecular weight is 262 g/mol. The van der Waals surface area contributed by atoms with Gasteiger partial charge in [-0.15, -0.1) is 0 Å². The molecule has 1 aromatic rings. The highest BCUT2D eigenvalue weighted by molar-refractivity contribution is 5.82. The van der Waals surface area contributed by atoms with Crippen molar-refractivity contribution in [1.29, 1.82) is 0 Å². The van der Waals surface area contributed by atoms with Gasteiger partial charge < -0.3 is 15.7 Å². The van der Waals surface area contributed by atoms with E-state index in [1.165, 1.54) is 0 Å². The molecule has 104 valence electrons. The Labute approximate surface area is 114 Å². The molecule has 4 heteroatoms. The van der Waals surface area contributed by atoms with Crippen molar-refractivity contribution < 1.29 is 9.90 Å². The quantitative estimate of drug-likeness (QED) is 0.717. The summed E-state index contributed by atoms with van der Waals surface area (Å²) in [5.41, 5.74) is 1.16. The normalized spacial score (nSPS) is 20.2. The molecular formula is C15H22N2O2. The molecule has 0 saturated carbocycles. The Hall–Kier alpha value is -1.39. The zero-order chi connectivity index (χ0) is 13.5. The molecule has 3 N–H and O–H groups in total. The van der Waals surface area contributed by atoms with Gasteiger partial charge in [0.15, 0.2) is 0 Å². The minimum atomic E-state index is -0.0365. The number of rotatable bonds is 6. The van der Waals surface area contributed by atoms with Crippen LogP contribution in [0.15, 0.2) is 30.3 Å². The maximum Gasteiger partial charge on any atom is 0.237 e. The van der Waals surface area contributed by atoms with E-state index < -0.39 is 0 Å². The zero-order valence-electron chi connectivity index (χ0n) is 11.1. The third kappa shape index (κ3) is 4.04. The molecule has 1 aliphatic heterocycles. The fraction of sp³-hybridized carbons (Fsp3) is 0.533. The Balaban J connectivity index is 1.88. The van der Waals surface area contributed by atoms with Crippen molar-refractivity contribution in [2.75, 3.05) is 19.7 Å². The Bertz CT molecular complexity index is 388. The van der Waals surface area contributed by atoms with Crippen LogP contribution in [0.1, 0.15) is 30.7 Å². The average Bonchev–Trinajstić information content (AvgIpc) is 2.98. The number of carbonyl (C=O) groups excluding carboxylic acids is 1. The van der Waals surface area contributed by atoms with Crippen LogP contribution in [0.25, 0.3) is 0 Å². The first-order valence-corrected chi connectivity index (χ1v) is 6.98. The predicted octanol–water partition coefficient (Wildman–Crippen LogP) is 1.02. The van der Waals surface area contributed by atoms with Crippen LogP contribution >= 0.6 is 0 Å². The first-order valence-electron chi connectivity index (χ1n) is 6.98. The molecule has 2 rings (SSSR count). The second kappa shape index (κ2) is 7.26. The van der Waals surface area contributed by atoms with E-state index in [0.29, 0.717) is 13.0 Å². The van der Waals surface area contributed by atoms with Gasteiger partial charge in [-0.3, -0.25) is 4.79 Å². The summed E-state index contributed by atoms with van der Waals surface area (Å²) >= 11 is 0. The summed E-state index contributed by atoms with van der Waals surface area (Å²) in [6, 6.07) is 9.99. The molecule has 4 nitrogen and oxygen atoms in total. The Kier molecular flexibility index (Phi) is 5.36. The van der Waals surface area contributed by atoms with Gasteiger partial charge in [-0.2, -0.15) is 0 Å². The van der Waals surface area contributed by atoms with E-state index in [1.54, 1.807) is 0 Å². The second-order valence-corrected chi connectivity index (χ2v) is 5.01. The van der Waals surface area contributed by atoms with E-state index in [0.717, 1.165) is 24.9 Å². The summed E-state index contributed by atoms with van der Waals surface area (Å²) in [4.78, 5) is 11.9. The van der Waals surface area contributed by atoms with Crippen molar-refractivity contribution in [2.45, 2.75) is 31.2 Å². The first kappa shape index (κ1) is 14.0. The maximum atomic E-state index is 11.9. The lowest BCUT2D eigenvalue weighted by Gasteiger charge is -2.18. The summed E-state index contributed by atoms with van der Waals surface area (Å²) in [5, 5.41) is 15.3. The van der Waals surface area contributed by atoms with Crippen molar-refractivity contribution in [3.8, 4) is 0 Å². The van der Waals surface area contributed by atoms with Crippen LogP contribution in [0.3, 0.4) is 0 Å². The minimum absolute atomic E-state index is 0.0365. The van der Waals surface area contributed by atoms with Crippen LogP contribution < -0.4 is 10.6 Å². The third-order valence-electron chi connectivity index (χ3n) is 3.65. The molecule has 1 aromatic carbocycles. The molecule has 1 aliphatic rings. The summed E-state index contributed by atoms with van der Waals surface area (Å²) < 4.78 is 0. The molecular weight excluding hydrogens is 240 g/mol. The van der Waals surface area contributed by atoms with Crippen molar-refractivity contribution in [2.24, 2.45) is 0 Å². The monoisotopic (exact) mass is 262 g/mol. The van der Waals surface area contributed by atoms with Crippen LogP contribution in [0.5, 0.6) is 0 Å². The van der Waals surface area contributed by atoms with Gasteiger partial charge in [-0.1, -0.05) is 30.3 Å². The van der Waals surface area contributed by atoms with Crippen LogP contribution in [0.2, 0.25) is 0 Å². The lowest BCUT2D eigenvalue weighted by atomic mass is 9.96. The topological polar surface area (TPSA) is 61.4 Å². The summed E-state index contributed by atoms with van der Waals surface area (Å²) in [7, 11) is 0. The number of aliphatic hydroxyl groups excluding tert-OH is 1. The molecule has 1 saturated heterocycles. The predicted molar refractivity (Wildman–Crippen MR) is 74.9 cm³/mol. The molecule has 0 radical (unpaired) electrons. The van der Waals surface area contributed by atoms with Crippen LogP contribution in [0, 0.1) is 0 Å². The molecule has 0 spiro atoms. The van der Waals surface area contributed by atoms with Crippen LogP contribution in [-0.4, -0.2) is 36.8 Å². The summed E-state index contributed by atoms with van der Waals surface area (Å²) in [6.07, 6.45) is 2.65. The molecule has 0 aliphatic carbocycles. The molecule has 0 bridgehead atoms. The summed E-state index contributed by atoms with van der Waals surface area (Å²) in [5.74, 6) is 0.257. The van der Waals surface area contributed by atoms with Gasteiger partial charge in [-0.25, -0.2) is 0 Å². The van der Waals surface area contributed by atoms with Crippen LogP contribution in [-0.2, 0) is 4.79 Å². The number of carbonyl (C=O) groups is 1. The number of nitrogens with one attached hydrogen (secondary N) is 2. The third-order valence-corrected chi connectivity index (χ3v) is 3.65. The van der Waals surface area contributed by atoms with Crippen molar-refractivity contribution in [3.63, 3.8) is 0 Å². The van der Waals surface area contributed by atoms with E-state index in [4.69, 9.17) is 5.11 Å². The molecule has 1 fully saturated rings. The van der Waals surface area contributed by atoms with E-state index in [1.807, 2.05) is 30.3 Å². The van der Waals surface area contributed by atoms with Gasteiger partial charge in [-0.05, 0) is 31.4 Å². The zero-order valence-corrected chi connectivity index (χ0v) is 11.1. The lowest BCUT2D eigenvalue weighted by molar-refractivity contribution is -0.122. The minimum Gasteiger partial charge on any atom is -0.396 e. The van der Waals surface area contributed by atoms with E-state index in [2.05, 4.69) is 10.6 Å². The standard InChI is InChI=1S/C15H22N2O2/c18-10-8-13(12-5-2-1-3-6-12)11-17-15(19)14-7-4-9-16-14/h1-3,5-6,13-14,16,18H,4,7-11H2,(H,17,19). The molecule has 1 amide bonds. The number of hydrogen-bond acceptors (Lipinski definition) is 3. The van der Waals surface area contributed by atoms with Crippen molar-refractivity contribution in [3.05, 3.63) is 35.9 Å². The highest BCUT2D eigenvalue weighted by atomic mass is 16.3. The maximum absolute atomic E-state index is 11.9. The van der Waals surface area contributed by atoms with Crippen molar-refractivity contribution >= 4 is 5.91 Å². The Morgan fingerprint density at radius 2 is 2.21 bits per heavy atom. The number of benzene rings is 1. The van der Waals surface area contributed by atoms with Gasteiger partial charge >= 0.3 is 0 Å². The Morgan fingerprint density at radius 1 is 1.42 bits per heavy atom. The molecule has 1 heterocycles. The molecule has 2 atom stereocenters. The smallest absolute Gasteiger partial charge is 0.237 e. The number of aliphatic hydroxyl groups is 1. The van der Waals surface area contributed by atoms with Crippen molar-refractivity contribution in [1.82, 2.24) is 10.6 Å². The largest absolute Gasteiger partial charge is 0.396 e. The fourth-order valence-corrected chi connectivity index (χ4v) is 2.52. The molecule has 19 heavy (non-hydrogen) atoms. The van der Waals surface area contributed by atoms with Gasteiger partial charge in [0.1, 0.15) is 0 Å². The lowest BCUT2D eigenvalue weighted by Crippen LogP contribution is -2.42. The van der Waals surface area contributed by atoms with E-state index >= 15 is 0 Å². The van der Waals surface area contributed by atoms with Gasteiger partial charge in [0.25, 0.3) is 0 Å². The highest BCUT2D eigenvalue weighted by Gasteiger charge is 2.22. The number of hydrogen-bond donors (Lipinski definition) is 3. The van der Waals surface area contributed by atoms with Gasteiger partial charge in [0.2, 0.25) is 5.91 Å². The van der Waals surface area contributed by atoms with Crippen LogP contribution in [0.4, 0.5) is 0 Å². The Morgan fingerprint density at radius 3 is 2.84 bits per heavy atom. The molecule has 0 aromatic heterocycles. The number of amides is 1. The second-order valence-electron chi connectivity index (χ2n) is 5.01. The summed E-state index contributed by atoms with van der Waals surface area (Å²) in [6.45, 7) is 1.65. The first-order chi connectivity index (χ1) is 9.31. The van der Waals surface area contributed by atoms with E-state index in [9.17, 15) is 4.79 Å². The fourth-order valence-electron chi connectivity index (χ4n) is 2.52. The SMILES string of the molecule is O=C(NCC(CCO)c1ccccc1)C1CCCN1. The van der Waals surface area contributed by atoms with Gasteiger partial charge in [0.05, 0.1) is 6.04 Å².